The van der Waals surface area contributed by atoms with Gasteiger partial charge in [-0.05, 0) is 34.8 Å². The van der Waals surface area contributed by atoms with Crippen molar-refractivity contribution >= 4 is 27.4 Å². The summed E-state index contributed by atoms with van der Waals surface area (Å²) in [7, 11) is 0. The maximum absolute atomic E-state index is 4.77. The summed E-state index contributed by atoms with van der Waals surface area (Å²) in [5, 5.41) is 7.87. The van der Waals surface area contributed by atoms with Gasteiger partial charge in [0.15, 0.2) is 5.65 Å². The molecule has 0 spiro atoms. The topological polar surface area (TPSA) is 42.2 Å². The first-order chi connectivity index (χ1) is 10.7. The van der Waals surface area contributed by atoms with Crippen molar-refractivity contribution in [2.75, 3.05) is 11.9 Å². The Kier molecular flexibility index (Phi) is 4.43. The lowest BCUT2D eigenvalue weighted by Crippen LogP contribution is -2.08. The minimum absolute atomic E-state index is 0.833. The van der Waals surface area contributed by atoms with E-state index in [1.54, 1.807) is 6.20 Å². The second-order valence-electron chi connectivity index (χ2n) is 5.35. The first kappa shape index (κ1) is 15.0. The van der Waals surface area contributed by atoms with Gasteiger partial charge >= 0.3 is 0 Å². The van der Waals surface area contributed by atoms with Crippen LogP contribution in [0.1, 0.15) is 25.3 Å². The van der Waals surface area contributed by atoms with Gasteiger partial charge in [0.2, 0.25) is 0 Å². The summed E-state index contributed by atoms with van der Waals surface area (Å²) in [4.78, 5) is 4.77. The van der Waals surface area contributed by atoms with Gasteiger partial charge in [-0.15, -0.1) is 0 Å². The number of nitrogens with one attached hydrogen (secondary N) is 1. The van der Waals surface area contributed by atoms with Crippen LogP contribution in [0.5, 0.6) is 0 Å². The van der Waals surface area contributed by atoms with Crippen molar-refractivity contribution in [1.29, 1.82) is 0 Å². The van der Waals surface area contributed by atoms with E-state index in [4.69, 9.17) is 4.98 Å². The lowest BCUT2D eigenvalue weighted by atomic mass is 10.1. The van der Waals surface area contributed by atoms with Gasteiger partial charge in [0.1, 0.15) is 5.82 Å². The number of aromatic nitrogens is 3. The van der Waals surface area contributed by atoms with Crippen molar-refractivity contribution in [3.05, 3.63) is 46.6 Å². The van der Waals surface area contributed by atoms with Gasteiger partial charge in [0.05, 0.1) is 16.4 Å². The third-order valence-electron chi connectivity index (χ3n) is 3.69. The molecular weight excluding hydrogens is 340 g/mol. The summed E-state index contributed by atoms with van der Waals surface area (Å²) in [5.74, 6) is 0.974. The van der Waals surface area contributed by atoms with Crippen LogP contribution in [0.15, 0.2) is 41.0 Å². The molecule has 1 aromatic carbocycles. The lowest BCUT2D eigenvalue weighted by molar-refractivity contribution is 0.820. The van der Waals surface area contributed by atoms with Crippen LogP contribution in [0.3, 0.4) is 0 Å². The zero-order valence-electron chi connectivity index (χ0n) is 12.8. The molecule has 0 fully saturated rings. The van der Waals surface area contributed by atoms with Crippen molar-refractivity contribution < 1.29 is 0 Å². The van der Waals surface area contributed by atoms with E-state index in [-0.39, 0.29) is 0 Å². The maximum Gasteiger partial charge on any atom is 0.172 e. The Morgan fingerprint density at radius 1 is 1.27 bits per heavy atom. The second kappa shape index (κ2) is 6.48. The van der Waals surface area contributed by atoms with E-state index < -0.39 is 0 Å². The summed E-state index contributed by atoms with van der Waals surface area (Å²) in [6.07, 6.45) is 4.08. The van der Waals surface area contributed by atoms with Crippen molar-refractivity contribution in [2.45, 2.75) is 26.7 Å². The molecule has 4 nitrogen and oxygen atoms in total. The Morgan fingerprint density at radius 3 is 2.86 bits per heavy atom. The third kappa shape index (κ3) is 2.86. The van der Waals surface area contributed by atoms with E-state index in [0.717, 1.165) is 46.6 Å². The molecule has 0 aliphatic rings. The van der Waals surface area contributed by atoms with Crippen LogP contribution in [0, 0.1) is 6.92 Å². The zero-order valence-corrected chi connectivity index (χ0v) is 14.4. The molecule has 3 aromatic rings. The summed E-state index contributed by atoms with van der Waals surface area (Å²) in [6.45, 7) is 5.23. The largest absolute Gasteiger partial charge is 0.370 e. The number of benzene rings is 1. The second-order valence-corrected chi connectivity index (χ2v) is 6.20. The normalized spacial score (nSPS) is 11.0. The Balaban J connectivity index is 2.11. The minimum atomic E-state index is 0.833. The molecule has 22 heavy (non-hydrogen) atoms. The number of nitrogens with zero attached hydrogens (tertiary/aromatic N) is 3. The van der Waals surface area contributed by atoms with Crippen LogP contribution in [0.25, 0.3) is 16.9 Å². The summed E-state index contributed by atoms with van der Waals surface area (Å²) >= 11 is 3.53. The highest BCUT2D eigenvalue weighted by atomic mass is 79.9. The highest BCUT2D eigenvalue weighted by molar-refractivity contribution is 9.10. The molecule has 3 rings (SSSR count). The molecule has 2 aromatic heterocycles. The third-order valence-corrected chi connectivity index (χ3v) is 4.25. The standard InChI is InChI=1S/C17H19BrN4/c1-3-4-9-19-16-10-15(13-8-6-5-7-12(13)2)21-17-14(18)11-20-22(16)17/h5-8,10-11,19H,3-4,9H2,1-2H3. The fourth-order valence-corrected chi connectivity index (χ4v) is 2.80. The average molecular weight is 359 g/mol. The van der Waals surface area contributed by atoms with Gasteiger partial charge in [-0.25, -0.2) is 4.98 Å². The molecule has 2 heterocycles. The van der Waals surface area contributed by atoms with Crippen molar-refractivity contribution in [3.63, 3.8) is 0 Å². The molecule has 0 aliphatic carbocycles. The predicted octanol–water partition coefficient (Wildman–Crippen LogP) is 4.68. The minimum Gasteiger partial charge on any atom is -0.370 e. The summed E-state index contributed by atoms with van der Waals surface area (Å²) < 4.78 is 2.75. The van der Waals surface area contributed by atoms with Crippen LogP contribution in [-0.4, -0.2) is 21.1 Å². The number of rotatable bonds is 5. The fraction of sp³-hybridized carbons (Fsp3) is 0.294. The van der Waals surface area contributed by atoms with Gasteiger partial charge in [-0.3, -0.25) is 0 Å². The van der Waals surface area contributed by atoms with E-state index >= 15 is 0 Å². The number of unbranched alkanes of at least 4 members (excludes halogenated alkanes) is 1. The Bertz CT molecular complexity index is 794. The summed E-state index contributed by atoms with van der Waals surface area (Å²) in [5.41, 5.74) is 4.16. The van der Waals surface area contributed by atoms with E-state index in [1.807, 2.05) is 16.6 Å². The van der Waals surface area contributed by atoms with Crippen LogP contribution in [-0.2, 0) is 0 Å². The van der Waals surface area contributed by atoms with E-state index in [0.29, 0.717) is 0 Å². The molecule has 0 bridgehead atoms. The van der Waals surface area contributed by atoms with Crippen LogP contribution < -0.4 is 5.32 Å². The van der Waals surface area contributed by atoms with E-state index in [2.05, 4.69) is 58.4 Å². The van der Waals surface area contributed by atoms with Gasteiger partial charge in [0, 0.05) is 18.2 Å². The molecule has 0 atom stereocenters. The van der Waals surface area contributed by atoms with Crippen molar-refractivity contribution in [1.82, 2.24) is 14.6 Å². The fourth-order valence-electron chi connectivity index (χ4n) is 2.45. The van der Waals surface area contributed by atoms with E-state index in [1.165, 1.54) is 5.56 Å². The zero-order chi connectivity index (χ0) is 15.5. The van der Waals surface area contributed by atoms with E-state index in [9.17, 15) is 0 Å². The van der Waals surface area contributed by atoms with Crippen molar-refractivity contribution in [3.8, 4) is 11.3 Å². The van der Waals surface area contributed by atoms with Gasteiger partial charge in [-0.2, -0.15) is 9.61 Å². The SMILES string of the molecule is CCCCNc1cc(-c2ccccc2C)nc2c(Br)cnn12. The molecule has 114 valence electrons. The number of halogens is 1. The highest BCUT2D eigenvalue weighted by Crippen LogP contribution is 2.27. The lowest BCUT2D eigenvalue weighted by Gasteiger charge is -2.11. The Labute approximate surface area is 138 Å². The predicted molar refractivity (Wildman–Crippen MR) is 94.3 cm³/mol. The first-order valence-electron chi connectivity index (χ1n) is 7.55. The molecular formula is C17H19BrN4. The van der Waals surface area contributed by atoms with Crippen molar-refractivity contribution in [2.24, 2.45) is 0 Å². The number of anilines is 1. The molecule has 0 saturated heterocycles. The summed E-state index contributed by atoms with van der Waals surface area (Å²) in [6, 6.07) is 10.4. The molecule has 0 aliphatic heterocycles. The molecule has 0 unspecified atom stereocenters. The molecule has 0 amide bonds. The smallest absolute Gasteiger partial charge is 0.172 e. The molecule has 5 heteroatoms. The molecule has 1 N–H and O–H groups in total. The Hall–Kier alpha value is -1.88. The van der Waals surface area contributed by atoms with Crippen LogP contribution in [0.4, 0.5) is 5.82 Å². The molecule has 0 saturated carbocycles. The number of hydrogen-bond donors (Lipinski definition) is 1. The van der Waals surface area contributed by atoms with Gasteiger partial charge in [0.25, 0.3) is 0 Å². The first-order valence-corrected chi connectivity index (χ1v) is 8.34. The quantitative estimate of drug-likeness (QED) is 0.673. The maximum atomic E-state index is 4.77. The highest BCUT2D eigenvalue weighted by Gasteiger charge is 2.12. The van der Waals surface area contributed by atoms with Gasteiger partial charge in [-0.1, -0.05) is 37.6 Å². The monoisotopic (exact) mass is 358 g/mol. The molecule has 0 radical (unpaired) electrons. The number of hydrogen-bond acceptors (Lipinski definition) is 3. The number of fused-ring (bicyclic) bond motifs is 1. The number of aryl methyl sites for hydroxylation is 1. The van der Waals surface area contributed by atoms with Gasteiger partial charge < -0.3 is 5.32 Å². The average Bonchev–Trinajstić information content (AvgIpc) is 2.90. The Morgan fingerprint density at radius 2 is 2.09 bits per heavy atom. The van der Waals surface area contributed by atoms with Crippen LogP contribution in [0.2, 0.25) is 0 Å². The van der Waals surface area contributed by atoms with Crippen LogP contribution >= 0.6 is 15.9 Å².